The molecule has 3 aromatic rings. The highest BCUT2D eigenvalue weighted by Crippen LogP contribution is 2.26. The average molecular weight is 472 g/mol. The predicted molar refractivity (Wildman–Crippen MR) is 141 cm³/mol. The number of amides is 1. The summed E-state index contributed by atoms with van der Waals surface area (Å²) in [5.41, 5.74) is 4.42. The number of nitrogens with zero attached hydrogens (tertiary/aromatic N) is 3. The van der Waals surface area contributed by atoms with Crippen molar-refractivity contribution in [3.63, 3.8) is 0 Å². The van der Waals surface area contributed by atoms with Crippen LogP contribution in [0.1, 0.15) is 54.9 Å². The van der Waals surface area contributed by atoms with Crippen LogP contribution >= 0.6 is 0 Å². The van der Waals surface area contributed by atoms with E-state index in [-0.39, 0.29) is 17.4 Å². The normalized spacial score (nSPS) is 13.2. The van der Waals surface area contributed by atoms with Gasteiger partial charge in [0.15, 0.2) is 0 Å². The summed E-state index contributed by atoms with van der Waals surface area (Å²) in [6, 6.07) is 12.0. The van der Waals surface area contributed by atoms with Gasteiger partial charge in [0.25, 0.3) is 5.91 Å². The molecule has 0 fully saturated rings. The van der Waals surface area contributed by atoms with Crippen LogP contribution in [0.3, 0.4) is 0 Å². The van der Waals surface area contributed by atoms with E-state index in [9.17, 15) is 4.79 Å². The van der Waals surface area contributed by atoms with Gasteiger partial charge >= 0.3 is 0 Å². The van der Waals surface area contributed by atoms with E-state index in [0.29, 0.717) is 23.1 Å². The van der Waals surface area contributed by atoms with Crippen LogP contribution in [0.25, 0.3) is 0 Å². The fraction of sp³-hybridized carbons (Fsp3) is 0.333. The molecular weight excluding hydrogens is 438 g/mol. The molecule has 1 aliphatic heterocycles. The Morgan fingerprint density at radius 3 is 2.74 bits per heavy atom. The van der Waals surface area contributed by atoms with E-state index in [0.717, 1.165) is 30.9 Å². The van der Waals surface area contributed by atoms with E-state index in [1.165, 1.54) is 17.3 Å². The van der Waals surface area contributed by atoms with Crippen molar-refractivity contribution in [2.75, 3.05) is 17.2 Å². The Hall–Kier alpha value is -3.78. The minimum absolute atomic E-state index is 0.0212. The molecule has 0 saturated heterocycles. The number of rotatable bonds is 8. The maximum Gasteiger partial charge on any atom is 0.256 e. The Morgan fingerprint density at radius 2 is 1.97 bits per heavy atom. The van der Waals surface area contributed by atoms with Crippen LogP contribution in [0.2, 0.25) is 0 Å². The zero-order chi connectivity index (χ0) is 25.0. The molecular formula is C27H33N7O. The minimum atomic E-state index is -0.296. The van der Waals surface area contributed by atoms with Gasteiger partial charge in [-0.2, -0.15) is 4.98 Å². The van der Waals surface area contributed by atoms with Gasteiger partial charge in [-0.15, -0.1) is 6.58 Å². The number of aromatic nitrogens is 3. The fourth-order valence-electron chi connectivity index (χ4n) is 3.82. The zero-order valence-corrected chi connectivity index (χ0v) is 20.8. The molecule has 8 heteroatoms. The first-order chi connectivity index (χ1) is 16.7. The van der Waals surface area contributed by atoms with E-state index in [2.05, 4.69) is 63.8 Å². The first kappa shape index (κ1) is 24.3. The van der Waals surface area contributed by atoms with Crippen molar-refractivity contribution in [2.45, 2.75) is 52.1 Å². The SMILES string of the molecule is C=CC(C)(C)c1cccc(Nc2nc(Nc3ccc4c(c3)CNCC4)ncc2C(=O)NC(C)C)n1. The molecule has 0 atom stereocenters. The standard InChI is InChI=1S/C27H33N7O/c1-6-27(4,5)22-8-7-9-23(32-22)33-24-21(25(35)30-17(2)3)16-29-26(34-24)31-20-11-10-18-12-13-28-15-19(18)14-20/h6-11,14,16-17,28H,1,12-13,15H2,2-5H3,(H,30,35)(H2,29,31,32,33,34). The Morgan fingerprint density at radius 1 is 1.14 bits per heavy atom. The Labute approximate surface area is 206 Å². The summed E-state index contributed by atoms with van der Waals surface area (Å²) in [5, 5.41) is 12.8. The predicted octanol–water partition coefficient (Wildman–Crippen LogP) is 4.61. The molecule has 2 aromatic heterocycles. The summed E-state index contributed by atoms with van der Waals surface area (Å²) in [7, 11) is 0. The number of carbonyl (C=O) groups excluding carboxylic acids is 1. The first-order valence-corrected chi connectivity index (χ1v) is 11.9. The third-order valence-corrected chi connectivity index (χ3v) is 5.97. The van der Waals surface area contributed by atoms with Crippen molar-refractivity contribution in [1.29, 1.82) is 0 Å². The molecule has 0 unspecified atom stereocenters. The molecule has 35 heavy (non-hydrogen) atoms. The van der Waals surface area contributed by atoms with Gasteiger partial charge < -0.3 is 21.3 Å². The lowest BCUT2D eigenvalue weighted by molar-refractivity contribution is 0.0943. The van der Waals surface area contributed by atoms with Crippen molar-refractivity contribution in [1.82, 2.24) is 25.6 Å². The molecule has 0 spiro atoms. The number of fused-ring (bicyclic) bond motifs is 1. The van der Waals surface area contributed by atoms with Gasteiger partial charge in [0.05, 0.1) is 5.69 Å². The van der Waals surface area contributed by atoms with Gasteiger partial charge in [0.2, 0.25) is 5.95 Å². The summed E-state index contributed by atoms with van der Waals surface area (Å²) in [6.07, 6.45) is 4.42. The third-order valence-electron chi connectivity index (χ3n) is 5.97. The average Bonchev–Trinajstić information content (AvgIpc) is 2.84. The van der Waals surface area contributed by atoms with Gasteiger partial charge in [-0.05, 0) is 62.2 Å². The highest BCUT2D eigenvalue weighted by atomic mass is 16.1. The van der Waals surface area contributed by atoms with Crippen molar-refractivity contribution >= 4 is 29.2 Å². The number of anilines is 4. The summed E-state index contributed by atoms with van der Waals surface area (Å²) in [6.45, 7) is 13.7. The van der Waals surface area contributed by atoms with E-state index in [1.54, 1.807) is 0 Å². The van der Waals surface area contributed by atoms with E-state index >= 15 is 0 Å². The second-order valence-corrected chi connectivity index (χ2v) is 9.58. The van der Waals surface area contributed by atoms with Crippen LogP contribution in [0.4, 0.5) is 23.3 Å². The van der Waals surface area contributed by atoms with Crippen LogP contribution in [0.5, 0.6) is 0 Å². The van der Waals surface area contributed by atoms with Crippen LogP contribution < -0.4 is 21.3 Å². The Balaban J connectivity index is 1.66. The first-order valence-electron chi connectivity index (χ1n) is 11.9. The van der Waals surface area contributed by atoms with E-state index in [4.69, 9.17) is 4.98 Å². The summed E-state index contributed by atoms with van der Waals surface area (Å²) in [5.74, 6) is 1.10. The summed E-state index contributed by atoms with van der Waals surface area (Å²) >= 11 is 0. The third kappa shape index (κ3) is 5.84. The molecule has 1 amide bonds. The Bertz CT molecular complexity index is 1240. The number of allylic oxidation sites excluding steroid dienone is 1. The molecule has 182 valence electrons. The number of hydrogen-bond acceptors (Lipinski definition) is 7. The number of carbonyl (C=O) groups is 1. The molecule has 1 aromatic carbocycles. The smallest absolute Gasteiger partial charge is 0.256 e. The molecule has 0 radical (unpaired) electrons. The highest BCUT2D eigenvalue weighted by molar-refractivity contribution is 5.99. The molecule has 8 nitrogen and oxygen atoms in total. The molecule has 0 aliphatic carbocycles. The van der Waals surface area contributed by atoms with Gasteiger partial charge in [-0.1, -0.05) is 32.1 Å². The number of benzene rings is 1. The lowest BCUT2D eigenvalue weighted by Gasteiger charge is -2.20. The monoisotopic (exact) mass is 471 g/mol. The molecule has 0 bridgehead atoms. The topological polar surface area (TPSA) is 104 Å². The van der Waals surface area contributed by atoms with Crippen molar-refractivity contribution in [3.8, 4) is 0 Å². The van der Waals surface area contributed by atoms with E-state index < -0.39 is 0 Å². The zero-order valence-electron chi connectivity index (χ0n) is 20.8. The van der Waals surface area contributed by atoms with Crippen LogP contribution in [-0.4, -0.2) is 33.4 Å². The fourth-order valence-corrected chi connectivity index (χ4v) is 3.82. The number of hydrogen-bond donors (Lipinski definition) is 4. The largest absolute Gasteiger partial charge is 0.350 e. The quantitative estimate of drug-likeness (QED) is 0.356. The Kier molecular flexibility index (Phi) is 7.12. The second-order valence-electron chi connectivity index (χ2n) is 9.58. The highest BCUT2D eigenvalue weighted by Gasteiger charge is 2.20. The van der Waals surface area contributed by atoms with Crippen molar-refractivity contribution in [2.24, 2.45) is 0 Å². The van der Waals surface area contributed by atoms with Gasteiger partial charge in [0, 0.05) is 29.9 Å². The lowest BCUT2D eigenvalue weighted by Crippen LogP contribution is -2.31. The minimum Gasteiger partial charge on any atom is -0.350 e. The molecule has 1 aliphatic rings. The molecule has 3 heterocycles. The molecule has 4 N–H and O–H groups in total. The molecule has 4 rings (SSSR count). The van der Waals surface area contributed by atoms with Crippen molar-refractivity contribution in [3.05, 3.63) is 77.6 Å². The number of nitrogens with one attached hydrogen (secondary N) is 4. The summed E-state index contributed by atoms with van der Waals surface area (Å²) in [4.78, 5) is 26.7. The summed E-state index contributed by atoms with van der Waals surface area (Å²) < 4.78 is 0. The maximum absolute atomic E-state index is 12.9. The second kappa shape index (κ2) is 10.2. The van der Waals surface area contributed by atoms with Crippen molar-refractivity contribution < 1.29 is 4.79 Å². The lowest BCUT2D eigenvalue weighted by atomic mass is 9.89. The van der Waals surface area contributed by atoms with Gasteiger partial charge in [-0.25, -0.2) is 9.97 Å². The van der Waals surface area contributed by atoms with Crippen LogP contribution in [0, 0.1) is 0 Å². The van der Waals surface area contributed by atoms with Gasteiger partial charge in [-0.3, -0.25) is 4.79 Å². The van der Waals surface area contributed by atoms with Crippen LogP contribution in [-0.2, 0) is 18.4 Å². The number of pyridine rings is 1. The van der Waals surface area contributed by atoms with E-state index in [1.807, 2.05) is 44.2 Å². The van der Waals surface area contributed by atoms with Crippen LogP contribution in [0.15, 0.2) is 55.3 Å². The maximum atomic E-state index is 12.9. The van der Waals surface area contributed by atoms with Gasteiger partial charge in [0.1, 0.15) is 17.2 Å². The molecule has 0 saturated carbocycles.